The molecule has 116 valence electrons. The van der Waals surface area contributed by atoms with Crippen LogP contribution in [0.15, 0.2) is 24.3 Å². The lowest BCUT2D eigenvalue weighted by atomic mass is 10.2. The van der Waals surface area contributed by atoms with Gasteiger partial charge in [0.25, 0.3) is 11.8 Å². The molecule has 1 aromatic carbocycles. The van der Waals surface area contributed by atoms with Crippen LogP contribution in [0.5, 0.6) is 5.75 Å². The molecule has 0 aliphatic carbocycles. The van der Waals surface area contributed by atoms with E-state index in [1.54, 1.807) is 18.2 Å². The summed E-state index contributed by atoms with van der Waals surface area (Å²) in [4.78, 5) is 24.7. The SMILES string of the molecule is COCCN(CCO)C(=O)COc1ccccc1C(N)=O. The summed E-state index contributed by atoms with van der Waals surface area (Å²) in [5.41, 5.74) is 5.45. The first-order valence-corrected chi connectivity index (χ1v) is 6.49. The van der Waals surface area contributed by atoms with Crippen molar-refractivity contribution in [3.63, 3.8) is 0 Å². The molecule has 7 heteroatoms. The second kappa shape index (κ2) is 8.93. The van der Waals surface area contributed by atoms with Crippen LogP contribution in [0.25, 0.3) is 0 Å². The van der Waals surface area contributed by atoms with Crippen molar-refractivity contribution in [2.45, 2.75) is 0 Å². The number of amides is 2. The third-order valence-electron chi connectivity index (χ3n) is 2.79. The van der Waals surface area contributed by atoms with Gasteiger partial charge in [-0.25, -0.2) is 0 Å². The maximum atomic E-state index is 12.0. The molecule has 0 radical (unpaired) electrons. The van der Waals surface area contributed by atoms with Crippen molar-refractivity contribution in [3.8, 4) is 5.75 Å². The Morgan fingerprint density at radius 2 is 2.00 bits per heavy atom. The molecule has 1 rings (SSSR count). The molecule has 2 amide bonds. The van der Waals surface area contributed by atoms with E-state index in [2.05, 4.69) is 0 Å². The maximum absolute atomic E-state index is 12.0. The van der Waals surface area contributed by atoms with Gasteiger partial charge in [-0.05, 0) is 12.1 Å². The average molecular weight is 296 g/mol. The molecular formula is C14H20N2O5. The van der Waals surface area contributed by atoms with Crippen molar-refractivity contribution in [2.24, 2.45) is 5.73 Å². The minimum Gasteiger partial charge on any atom is -0.483 e. The van der Waals surface area contributed by atoms with Gasteiger partial charge < -0.3 is 25.2 Å². The van der Waals surface area contributed by atoms with Crippen LogP contribution >= 0.6 is 0 Å². The lowest BCUT2D eigenvalue weighted by Crippen LogP contribution is -2.39. The van der Waals surface area contributed by atoms with Crippen LogP contribution in [0.4, 0.5) is 0 Å². The van der Waals surface area contributed by atoms with Gasteiger partial charge in [0.05, 0.1) is 18.8 Å². The second-order valence-corrected chi connectivity index (χ2v) is 4.25. The number of nitrogens with zero attached hydrogens (tertiary/aromatic N) is 1. The first-order chi connectivity index (χ1) is 10.1. The van der Waals surface area contributed by atoms with E-state index in [-0.39, 0.29) is 37.0 Å². The highest BCUT2D eigenvalue weighted by atomic mass is 16.5. The van der Waals surface area contributed by atoms with E-state index >= 15 is 0 Å². The van der Waals surface area contributed by atoms with Crippen molar-refractivity contribution >= 4 is 11.8 Å². The molecule has 0 bridgehead atoms. The summed E-state index contributed by atoms with van der Waals surface area (Å²) in [6, 6.07) is 6.44. The number of nitrogens with two attached hydrogens (primary N) is 1. The van der Waals surface area contributed by atoms with Crippen molar-refractivity contribution in [1.82, 2.24) is 4.90 Å². The summed E-state index contributed by atoms with van der Waals surface area (Å²) in [7, 11) is 1.53. The van der Waals surface area contributed by atoms with E-state index in [1.807, 2.05) is 0 Å². The highest BCUT2D eigenvalue weighted by Gasteiger charge is 2.15. The van der Waals surface area contributed by atoms with Gasteiger partial charge in [-0.15, -0.1) is 0 Å². The third kappa shape index (κ3) is 5.41. The predicted octanol–water partition coefficient (Wildman–Crippen LogP) is -0.368. The molecule has 0 aromatic heterocycles. The third-order valence-corrected chi connectivity index (χ3v) is 2.79. The molecule has 0 saturated heterocycles. The average Bonchev–Trinajstić information content (AvgIpc) is 2.49. The summed E-state index contributed by atoms with van der Waals surface area (Å²) in [6.07, 6.45) is 0. The number of aliphatic hydroxyl groups is 1. The zero-order chi connectivity index (χ0) is 15.7. The van der Waals surface area contributed by atoms with Gasteiger partial charge in [0, 0.05) is 20.2 Å². The van der Waals surface area contributed by atoms with Gasteiger partial charge in [0.15, 0.2) is 6.61 Å². The van der Waals surface area contributed by atoms with Crippen LogP contribution in [-0.4, -0.2) is 61.8 Å². The molecule has 0 atom stereocenters. The van der Waals surface area contributed by atoms with E-state index in [1.165, 1.54) is 18.1 Å². The maximum Gasteiger partial charge on any atom is 0.260 e. The first kappa shape index (κ1) is 16.9. The van der Waals surface area contributed by atoms with Gasteiger partial charge >= 0.3 is 0 Å². The van der Waals surface area contributed by atoms with Crippen molar-refractivity contribution in [3.05, 3.63) is 29.8 Å². The number of rotatable bonds is 9. The van der Waals surface area contributed by atoms with Gasteiger partial charge in [0.1, 0.15) is 5.75 Å². The Balaban J connectivity index is 2.64. The summed E-state index contributed by atoms with van der Waals surface area (Å²) in [5, 5.41) is 8.95. The predicted molar refractivity (Wildman–Crippen MR) is 76.0 cm³/mol. The van der Waals surface area contributed by atoms with E-state index in [0.29, 0.717) is 13.2 Å². The molecule has 0 heterocycles. The largest absolute Gasteiger partial charge is 0.483 e. The molecule has 0 saturated carbocycles. The van der Waals surface area contributed by atoms with Crippen molar-refractivity contribution in [2.75, 3.05) is 40.0 Å². The number of carbonyl (C=O) groups excluding carboxylic acids is 2. The molecule has 3 N–H and O–H groups in total. The Hall–Kier alpha value is -2.12. The highest BCUT2D eigenvalue weighted by molar-refractivity contribution is 5.95. The fraction of sp³-hybridized carbons (Fsp3) is 0.429. The number of hydrogen-bond donors (Lipinski definition) is 2. The number of methoxy groups -OCH3 is 1. The fourth-order valence-corrected chi connectivity index (χ4v) is 1.71. The lowest BCUT2D eigenvalue weighted by molar-refractivity contribution is -0.134. The Kier molecular flexibility index (Phi) is 7.20. The van der Waals surface area contributed by atoms with Gasteiger partial charge in [-0.3, -0.25) is 9.59 Å². The molecule has 7 nitrogen and oxygen atoms in total. The topological polar surface area (TPSA) is 102 Å². The smallest absolute Gasteiger partial charge is 0.260 e. The van der Waals surface area contributed by atoms with Crippen LogP contribution in [-0.2, 0) is 9.53 Å². The molecule has 21 heavy (non-hydrogen) atoms. The van der Waals surface area contributed by atoms with Crippen LogP contribution < -0.4 is 10.5 Å². The van der Waals surface area contributed by atoms with E-state index < -0.39 is 5.91 Å². The standard InChI is InChI=1S/C14H20N2O5/c1-20-9-7-16(6-8-17)13(18)10-21-12-5-3-2-4-11(12)14(15)19/h2-5,17H,6-10H2,1H3,(H2,15,19). The van der Waals surface area contributed by atoms with E-state index in [0.717, 1.165) is 0 Å². The molecule has 0 aliphatic heterocycles. The number of primary amides is 1. The summed E-state index contributed by atoms with van der Waals surface area (Å²) < 4.78 is 10.3. The molecule has 0 spiro atoms. The highest BCUT2D eigenvalue weighted by Crippen LogP contribution is 2.17. The number of ether oxygens (including phenoxy) is 2. The molecular weight excluding hydrogens is 276 g/mol. The van der Waals surface area contributed by atoms with Crippen molar-refractivity contribution in [1.29, 1.82) is 0 Å². The zero-order valence-electron chi connectivity index (χ0n) is 11.9. The Morgan fingerprint density at radius 1 is 1.29 bits per heavy atom. The molecule has 1 aromatic rings. The monoisotopic (exact) mass is 296 g/mol. The van der Waals surface area contributed by atoms with E-state index in [9.17, 15) is 9.59 Å². The number of aliphatic hydroxyl groups excluding tert-OH is 1. The number of benzene rings is 1. The molecule has 0 fully saturated rings. The summed E-state index contributed by atoms with van der Waals surface area (Å²) >= 11 is 0. The minimum atomic E-state index is -0.621. The minimum absolute atomic E-state index is 0.146. The molecule has 0 aliphatic rings. The van der Waals surface area contributed by atoms with Gasteiger partial charge in [-0.1, -0.05) is 12.1 Å². The lowest BCUT2D eigenvalue weighted by Gasteiger charge is -2.21. The summed E-state index contributed by atoms with van der Waals surface area (Å²) in [6.45, 7) is 0.532. The Bertz CT molecular complexity index is 478. The number of para-hydroxylation sites is 1. The van der Waals surface area contributed by atoms with Gasteiger partial charge in [-0.2, -0.15) is 0 Å². The Labute approximate surface area is 123 Å². The van der Waals surface area contributed by atoms with Crippen LogP contribution in [0.2, 0.25) is 0 Å². The van der Waals surface area contributed by atoms with Gasteiger partial charge in [0.2, 0.25) is 0 Å². The Morgan fingerprint density at radius 3 is 2.62 bits per heavy atom. The summed E-state index contributed by atoms with van der Waals surface area (Å²) in [5.74, 6) is -0.668. The van der Waals surface area contributed by atoms with Crippen molar-refractivity contribution < 1.29 is 24.2 Å². The zero-order valence-corrected chi connectivity index (χ0v) is 11.9. The number of carbonyl (C=O) groups is 2. The molecule has 0 unspecified atom stereocenters. The van der Waals surface area contributed by atoms with E-state index in [4.69, 9.17) is 20.3 Å². The number of hydrogen-bond acceptors (Lipinski definition) is 5. The fourth-order valence-electron chi connectivity index (χ4n) is 1.71. The van der Waals surface area contributed by atoms with Crippen LogP contribution in [0.3, 0.4) is 0 Å². The normalized spacial score (nSPS) is 10.2. The second-order valence-electron chi connectivity index (χ2n) is 4.25. The van der Waals surface area contributed by atoms with Crippen LogP contribution in [0.1, 0.15) is 10.4 Å². The quantitative estimate of drug-likeness (QED) is 0.647. The van der Waals surface area contributed by atoms with Crippen LogP contribution in [0, 0.1) is 0 Å². The first-order valence-electron chi connectivity index (χ1n) is 6.49.